The number of halogens is 4. The minimum Gasteiger partial charge on any atom is -0.478 e. The number of nitrogens with one attached hydrogen (secondary N) is 1. The number of allylic oxidation sites excluding steroid dienone is 2. The highest BCUT2D eigenvalue weighted by molar-refractivity contribution is 6.01. The lowest BCUT2D eigenvalue weighted by Gasteiger charge is -2.28. The van der Waals surface area contributed by atoms with E-state index in [4.69, 9.17) is 4.74 Å². The van der Waals surface area contributed by atoms with Gasteiger partial charge in [-0.1, -0.05) is 12.1 Å². The number of carboxylic acids is 1. The van der Waals surface area contributed by atoms with E-state index in [0.29, 0.717) is 0 Å². The first kappa shape index (κ1) is 18.7. The molecule has 2 N–H and O–H groups in total. The van der Waals surface area contributed by atoms with Gasteiger partial charge in [0.2, 0.25) is 0 Å². The van der Waals surface area contributed by atoms with Crippen LogP contribution in [-0.2, 0) is 14.3 Å². The van der Waals surface area contributed by atoms with Crippen LogP contribution in [0.3, 0.4) is 0 Å². The summed E-state index contributed by atoms with van der Waals surface area (Å²) in [6.07, 6.45) is -3.78. The van der Waals surface area contributed by atoms with Crippen LogP contribution in [-0.4, -0.2) is 30.1 Å². The Bertz CT molecular complexity index is 931. The maximum atomic E-state index is 14.4. The monoisotopic (exact) mass is 383 g/mol. The molecule has 2 heterocycles. The number of carbonyl (C=O) groups is 2. The SMILES string of the molecule is CC1=C(C(=O)O)C(c2cccc(F)c2C(=CF)C(F)F)C2=C(COC2=O)N1. The predicted octanol–water partition coefficient (Wildman–Crippen LogP) is 3.26. The van der Waals surface area contributed by atoms with Crippen molar-refractivity contribution in [3.63, 3.8) is 0 Å². The molecule has 0 amide bonds. The zero-order chi connectivity index (χ0) is 19.9. The van der Waals surface area contributed by atoms with E-state index in [1.807, 2.05) is 0 Å². The molecular weight excluding hydrogens is 370 g/mol. The number of benzene rings is 1. The maximum Gasteiger partial charge on any atom is 0.337 e. The highest BCUT2D eigenvalue weighted by Crippen LogP contribution is 2.44. The van der Waals surface area contributed by atoms with E-state index in [9.17, 15) is 32.3 Å². The average molecular weight is 383 g/mol. The molecule has 0 spiro atoms. The van der Waals surface area contributed by atoms with Crippen LogP contribution in [0.5, 0.6) is 0 Å². The molecule has 0 radical (unpaired) electrons. The zero-order valence-corrected chi connectivity index (χ0v) is 13.9. The fourth-order valence-corrected chi connectivity index (χ4v) is 3.36. The molecule has 0 saturated carbocycles. The van der Waals surface area contributed by atoms with Gasteiger partial charge in [0, 0.05) is 11.3 Å². The summed E-state index contributed by atoms with van der Waals surface area (Å²) in [4.78, 5) is 24.0. The normalized spacial score (nSPS) is 20.0. The van der Waals surface area contributed by atoms with Gasteiger partial charge in [0.1, 0.15) is 12.4 Å². The van der Waals surface area contributed by atoms with Crippen LogP contribution in [0.1, 0.15) is 24.0 Å². The standard InChI is InChI=1S/C18H13F4NO4/c1-7-12(17(24)25)14(15-11(23-7)6-27-18(15)26)8-3-2-4-10(20)13(8)9(5-19)16(21)22/h2-5,14,16,23H,6H2,1H3,(H,24,25). The third-order valence-corrected chi connectivity index (χ3v) is 4.44. The first-order chi connectivity index (χ1) is 12.8. The van der Waals surface area contributed by atoms with E-state index in [1.165, 1.54) is 19.1 Å². The highest BCUT2D eigenvalue weighted by Gasteiger charge is 2.43. The van der Waals surface area contributed by atoms with Crippen molar-refractivity contribution in [1.82, 2.24) is 5.32 Å². The molecule has 2 aliphatic rings. The van der Waals surface area contributed by atoms with Crippen LogP contribution in [0.15, 0.2) is 47.1 Å². The Morgan fingerprint density at radius 2 is 2.11 bits per heavy atom. The summed E-state index contributed by atoms with van der Waals surface area (Å²) < 4.78 is 59.0. The zero-order valence-electron chi connectivity index (χ0n) is 13.9. The molecule has 0 saturated heterocycles. The molecule has 2 aliphatic heterocycles. The molecule has 0 aliphatic carbocycles. The Labute approximate surface area is 150 Å². The lowest BCUT2D eigenvalue weighted by Crippen LogP contribution is -2.30. The van der Waals surface area contributed by atoms with Crippen molar-refractivity contribution in [3.8, 4) is 0 Å². The number of aliphatic carboxylic acids is 1. The van der Waals surface area contributed by atoms with E-state index in [0.717, 1.165) is 6.07 Å². The lowest BCUT2D eigenvalue weighted by atomic mass is 9.78. The number of dihydropyridines is 1. The molecular formula is C18H13F4NO4. The molecule has 5 nitrogen and oxygen atoms in total. The smallest absolute Gasteiger partial charge is 0.337 e. The van der Waals surface area contributed by atoms with E-state index < -0.39 is 47.6 Å². The number of alkyl halides is 2. The van der Waals surface area contributed by atoms with Crippen LogP contribution < -0.4 is 5.32 Å². The van der Waals surface area contributed by atoms with Crippen molar-refractivity contribution in [2.45, 2.75) is 19.3 Å². The molecule has 1 unspecified atom stereocenters. The van der Waals surface area contributed by atoms with Gasteiger partial charge in [0.05, 0.1) is 34.7 Å². The van der Waals surface area contributed by atoms with Crippen LogP contribution in [0.2, 0.25) is 0 Å². The largest absolute Gasteiger partial charge is 0.478 e. The van der Waals surface area contributed by atoms with Gasteiger partial charge in [0.15, 0.2) is 0 Å². The summed E-state index contributed by atoms with van der Waals surface area (Å²) in [5, 5.41) is 12.4. The molecule has 1 aromatic carbocycles. The van der Waals surface area contributed by atoms with Gasteiger partial charge < -0.3 is 15.2 Å². The lowest BCUT2D eigenvalue weighted by molar-refractivity contribution is -0.136. The topological polar surface area (TPSA) is 75.6 Å². The Kier molecular flexibility index (Phi) is 4.77. The van der Waals surface area contributed by atoms with Gasteiger partial charge >= 0.3 is 11.9 Å². The molecule has 9 heteroatoms. The van der Waals surface area contributed by atoms with Gasteiger partial charge in [-0.15, -0.1) is 0 Å². The molecule has 27 heavy (non-hydrogen) atoms. The summed E-state index contributed by atoms with van der Waals surface area (Å²) in [7, 11) is 0. The van der Waals surface area contributed by atoms with Gasteiger partial charge in [-0.2, -0.15) is 0 Å². The number of esters is 1. The molecule has 142 valence electrons. The second kappa shape index (κ2) is 6.90. The number of hydrogen-bond donors (Lipinski definition) is 2. The van der Waals surface area contributed by atoms with Crippen LogP contribution in [0.4, 0.5) is 17.6 Å². The molecule has 1 aromatic rings. The highest BCUT2D eigenvalue weighted by atomic mass is 19.3. The van der Waals surface area contributed by atoms with E-state index in [1.54, 1.807) is 0 Å². The Hall–Kier alpha value is -3.10. The first-order valence-electron chi connectivity index (χ1n) is 7.76. The third kappa shape index (κ3) is 2.98. The number of rotatable bonds is 4. The van der Waals surface area contributed by atoms with Crippen LogP contribution in [0, 0.1) is 5.82 Å². The molecule has 3 rings (SSSR count). The average Bonchev–Trinajstić information content (AvgIpc) is 2.95. The van der Waals surface area contributed by atoms with Gasteiger partial charge in [-0.25, -0.2) is 27.2 Å². The van der Waals surface area contributed by atoms with Crippen molar-refractivity contribution in [3.05, 3.63) is 64.0 Å². The molecule has 0 fully saturated rings. The number of carbonyl (C=O) groups excluding carboxylic acids is 1. The summed E-state index contributed by atoms with van der Waals surface area (Å²) in [6.45, 7) is 1.25. The Morgan fingerprint density at radius 3 is 2.70 bits per heavy atom. The van der Waals surface area contributed by atoms with Crippen molar-refractivity contribution >= 4 is 17.5 Å². The van der Waals surface area contributed by atoms with Gasteiger partial charge in [-0.3, -0.25) is 0 Å². The van der Waals surface area contributed by atoms with Crippen LogP contribution >= 0.6 is 0 Å². The predicted molar refractivity (Wildman–Crippen MR) is 85.7 cm³/mol. The first-order valence-corrected chi connectivity index (χ1v) is 7.76. The van der Waals surface area contributed by atoms with Crippen molar-refractivity contribution in [1.29, 1.82) is 0 Å². The minimum absolute atomic E-state index is 0.127. The minimum atomic E-state index is -3.35. The molecule has 0 aromatic heterocycles. The number of cyclic esters (lactones) is 1. The summed E-state index contributed by atoms with van der Waals surface area (Å²) >= 11 is 0. The second-order valence-corrected chi connectivity index (χ2v) is 5.94. The number of ether oxygens (including phenoxy) is 1. The fourth-order valence-electron chi connectivity index (χ4n) is 3.36. The van der Waals surface area contributed by atoms with Crippen molar-refractivity contribution < 1.29 is 37.0 Å². The van der Waals surface area contributed by atoms with Crippen molar-refractivity contribution in [2.24, 2.45) is 0 Å². The quantitative estimate of drug-likeness (QED) is 0.617. The molecule has 0 bridgehead atoms. The van der Waals surface area contributed by atoms with E-state index in [-0.39, 0.29) is 34.7 Å². The Balaban J connectivity index is 2.33. The fraction of sp³-hybridized carbons (Fsp3) is 0.222. The van der Waals surface area contributed by atoms with Crippen LogP contribution in [0.25, 0.3) is 5.57 Å². The molecule has 1 atom stereocenters. The summed E-state index contributed by atoms with van der Waals surface area (Å²) in [6, 6.07) is 3.21. The maximum absolute atomic E-state index is 14.4. The summed E-state index contributed by atoms with van der Waals surface area (Å²) in [5.74, 6) is -4.85. The van der Waals surface area contributed by atoms with E-state index in [2.05, 4.69) is 5.32 Å². The summed E-state index contributed by atoms with van der Waals surface area (Å²) in [5.41, 5.74) is -2.35. The van der Waals surface area contributed by atoms with Gasteiger partial charge in [-0.05, 0) is 18.6 Å². The van der Waals surface area contributed by atoms with Gasteiger partial charge in [0.25, 0.3) is 6.43 Å². The van der Waals surface area contributed by atoms with E-state index >= 15 is 0 Å². The van der Waals surface area contributed by atoms with Crippen molar-refractivity contribution in [2.75, 3.05) is 6.61 Å². The Morgan fingerprint density at radius 1 is 1.41 bits per heavy atom. The number of carboxylic acid groups (broad SMARTS) is 1. The number of hydrogen-bond acceptors (Lipinski definition) is 4. The second-order valence-electron chi connectivity index (χ2n) is 5.94. The third-order valence-electron chi connectivity index (χ3n) is 4.44.